The summed E-state index contributed by atoms with van der Waals surface area (Å²) in [4.78, 5) is 0. The molecule has 5 heteroatoms. The molecule has 0 aliphatic rings. The lowest BCUT2D eigenvalue weighted by atomic mass is 10.0. The summed E-state index contributed by atoms with van der Waals surface area (Å²) in [6.07, 6.45) is 4.01. The van der Waals surface area contributed by atoms with Crippen molar-refractivity contribution in [3.63, 3.8) is 0 Å². The van der Waals surface area contributed by atoms with E-state index in [1.807, 2.05) is 20.2 Å². The van der Waals surface area contributed by atoms with E-state index in [4.69, 9.17) is 0 Å². The van der Waals surface area contributed by atoms with Crippen LogP contribution in [0.3, 0.4) is 0 Å². The molecule has 1 aromatic carbocycles. The molecule has 0 spiro atoms. The SMILES string of the molecule is CCNC(Cc1cc(F)ccc1F)c1cnn(C)c1. The van der Waals surface area contributed by atoms with Gasteiger partial charge in [0.05, 0.1) is 6.20 Å². The second kappa shape index (κ2) is 5.93. The van der Waals surface area contributed by atoms with Crippen LogP contribution in [0.1, 0.15) is 24.1 Å². The fourth-order valence-electron chi connectivity index (χ4n) is 2.09. The van der Waals surface area contributed by atoms with Crippen molar-refractivity contribution in [2.75, 3.05) is 6.54 Å². The van der Waals surface area contributed by atoms with E-state index >= 15 is 0 Å². The molecule has 19 heavy (non-hydrogen) atoms. The van der Waals surface area contributed by atoms with Crippen LogP contribution in [-0.4, -0.2) is 16.3 Å². The van der Waals surface area contributed by atoms with Crippen LogP contribution in [0.5, 0.6) is 0 Å². The molecule has 1 heterocycles. The van der Waals surface area contributed by atoms with Crippen molar-refractivity contribution >= 4 is 0 Å². The Bertz CT molecular complexity index is 551. The van der Waals surface area contributed by atoms with Gasteiger partial charge in [-0.15, -0.1) is 0 Å². The van der Waals surface area contributed by atoms with Crippen molar-refractivity contribution < 1.29 is 8.78 Å². The fourth-order valence-corrected chi connectivity index (χ4v) is 2.09. The molecule has 0 aliphatic carbocycles. The van der Waals surface area contributed by atoms with Crippen LogP contribution in [0.25, 0.3) is 0 Å². The molecule has 1 aromatic heterocycles. The second-order valence-electron chi connectivity index (χ2n) is 4.50. The highest BCUT2D eigenvalue weighted by Gasteiger charge is 2.15. The van der Waals surface area contributed by atoms with Crippen LogP contribution >= 0.6 is 0 Å². The van der Waals surface area contributed by atoms with Crippen LogP contribution in [0, 0.1) is 11.6 Å². The van der Waals surface area contributed by atoms with Crippen LogP contribution in [-0.2, 0) is 13.5 Å². The van der Waals surface area contributed by atoms with E-state index in [9.17, 15) is 8.78 Å². The van der Waals surface area contributed by atoms with E-state index < -0.39 is 5.82 Å². The van der Waals surface area contributed by atoms with Crippen molar-refractivity contribution in [1.29, 1.82) is 0 Å². The lowest BCUT2D eigenvalue weighted by molar-refractivity contribution is 0.521. The van der Waals surface area contributed by atoms with Gasteiger partial charge in [0, 0.05) is 24.8 Å². The summed E-state index contributed by atoms with van der Waals surface area (Å²) < 4.78 is 28.6. The minimum atomic E-state index is -0.419. The highest BCUT2D eigenvalue weighted by Crippen LogP contribution is 2.20. The first-order valence-electron chi connectivity index (χ1n) is 6.26. The molecular weight excluding hydrogens is 248 g/mol. The number of hydrogen-bond donors (Lipinski definition) is 1. The minimum Gasteiger partial charge on any atom is -0.310 e. The molecule has 2 rings (SSSR count). The summed E-state index contributed by atoms with van der Waals surface area (Å²) >= 11 is 0. The third-order valence-electron chi connectivity index (χ3n) is 3.01. The number of nitrogens with one attached hydrogen (secondary N) is 1. The molecule has 0 radical (unpaired) electrons. The van der Waals surface area contributed by atoms with Gasteiger partial charge in [0.15, 0.2) is 0 Å². The molecule has 0 saturated heterocycles. The number of aromatic nitrogens is 2. The van der Waals surface area contributed by atoms with Crippen LogP contribution in [0.4, 0.5) is 8.78 Å². The third kappa shape index (κ3) is 3.38. The summed E-state index contributed by atoms with van der Waals surface area (Å²) in [5.41, 5.74) is 1.34. The standard InChI is InChI=1S/C14H17F2N3/c1-3-17-14(11-8-18-19(2)9-11)7-10-6-12(15)4-5-13(10)16/h4-6,8-9,14,17H,3,7H2,1-2H3. The van der Waals surface area contributed by atoms with E-state index in [0.29, 0.717) is 12.0 Å². The second-order valence-corrected chi connectivity index (χ2v) is 4.50. The Morgan fingerprint density at radius 1 is 1.37 bits per heavy atom. The third-order valence-corrected chi connectivity index (χ3v) is 3.01. The first kappa shape index (κ1) is 13.7. The molecule has 2 aromatic rings. The molecule has 3 nitrogen and oxygen atoms in total. The molecule has 1 atom stereocenters. The molecule has 1 unspecified atom stereocenters. The molecule has 1 N–H and O–H groups in total. The largest absolute Gasteiger partial charge is 0.310 e. The van der Waals surface area contributed by atoms with E-state index in [-0.39, 0.29) is 11.9 Å². The maximum atomic E-state index is 13.7. The highest BCUT2D eigenvalue weighted by molar-refractivity contribution is 5.23. The summed E-state index contributed by atoms with van der Waals surface area (Å²) in [6, 6.07) is 3.47. The first-order valence-corrected chi connectivity index (χ1v) is 6.26. The molecule has 0 fully saturated rings. The number of aryl methyl sites for hydroxylation is 1. The van der Waals surface area contributed by atoms with Crippen LogP contribution in [0.15, 0.2) is 30.6 Å². The lowest BCUT2D eigenvalue weighted by Crippen LogP contribution is -2.23. The fraction of sp³-hybridized carbons (Fsp3) is 0.357. The highest BCUT2D eigenvalue weighted by atomic mass is 19.1. The maximum Gasteiger partial charge on any atom is 0.126 e. The summed E-state index contributed by atoms with van der Waals surface area (Å²) in [5, 5.41) is 7.38. The van der Waals surface area contributed by atoms with Gasteiger partial charge in [-0.1, -0.05) is 6.92 Å². The van der Waals surface area contributed by atoms with Gasteiger partial charge in [-0.2, -0.15) is 5.10 Å². The number of benzene rings is 1. The Hall–Kier alpha value is -1.75. The minimum absolute atomic E-state index is 0.0741. The molecule has 0 saturated carbocycles. The van der Waals surface area contributed by atoms with Gasteiger partial charge in [0.1, 0.15) is 11.6 Å². The van der Waals surface area contributed by atoms with Gasteiger partial charge in [0.2, 0.25) is 0 Å². The Labute approximate surface area is 111 Å². The Kier molecular flexibility index (Phi) is 4.27. The predicted octanol–water partition coefficient (Wildman–Crippen LogP) is 2.59. The maximum absolute atomic E-state index is 13.7. The number of halogens is 2. The summed E-state index contributed by atoms with van der Waals surface area (Å²) in [6.45, 7) is 2.72. The number of rotatable bonds is 5. The van der Waals surface area contributed by atoms with Crippen molar-refractivity contribution in [2.45, 2.75) is 19.4 Å². The van der Waals surface area contributed by atoms with E-state index in [2.05, 4.69) is 10.4 Å². The quantitative estimate of drug-likeness (QED) is 0.900. The van der Waals surface area contributed by atoms with Crippen molar-refractivity contribution in [2.24, 2.45) is 7.05 Å². The van der Waals surface area contributed by atoms with E-state index in [1.165, 1.54) is 6.07 Å². The first-order chi connectivity index (χ1) is 9.10. The van der Waals surface area contributed by atoms with Crippen molar-refractivity contribution in [1.82, 2.24) is 15.1 Å². The molecule has 102 valence electrons. The Morgan fingerprint density at radius 2 is 2.16 bits per heavy atom. The van der Waals surface area contributed by atoms with Crippen LogP contribution in [0.2, 0.25) is 0 Å². The average molecular weight is 265 g/mol. The van der Waals surface area contributed by atoms with E-state index in [0.717, 1.165) is 24.2 Å². The summed E-state index contributed by atoms with van der Waals surface area (Å²) in [7, 11) is 1.83. The van der Waals surface area contributed by atoms with Gasteiger partial charge in [-0.05, 0) is 36.7 Å². The topological polar surface area (TPSA) is 29.9 Å². The Balaban J connectivity index is 2.23. The lowest BCUT2D eigenvalue weighted by Gasteiger charge is -2.16. The van der Waals surface area contributed by atoms with Gasteiger partial charge in [0.25, 0.3) is 0 Å². The number of likely N-dealkylation sites (N-methyl/N-ethyl adjacent to an activating group) is 1. The van der Waals surface area contributed by atoms with Gasteiger partial charge >= 0.3 is 0 Å². The monoisotopic (exact) mass is 265 g/mol. The summed E-state index contributed by atoms with van der Waals surface area (Å²) in [5.74, 6) is -0.800. The predicted molar refractivity (Wildman–Crippen MR) is 69.7 cm³/mol. The molecule has 0 amide bonds. The number of hydrogen-bond acceptors (Lipinski definition) is 2. The zero-order valence-electron chi connectivity index (χ0n) is 11.0. The van der Waals surface area contributed by atoms with Crippen LogP contribution < -0.4 is 5.32 Å². The van der Waals surface area contributed by atoms with Crippen molar-refractivity contribution in [3.05, 3.63) is 53.4 Å². The molecule has 0 bridgehead atoms. The normalized spacial score (nSPS) is 12.6. The Morgan fingerprint density at radius 3 is 2.79 bits per heavy atom. The molecular formula is C14H17F2N3. The van der Waals surface area contributed by atoms with Gasteiger partial charge < -0.3 is 5.32 Å². The average Bonchev–Trinajstić information content (AvgIpc) is 2.80. The zero-order valence-corrected chi connectivity index (χ0v) is 11.0. The smallest absolute Gasteiger partial charge is 0.126 e. The van der Waals surface area contributed by atoms with Gasteiger partial charge in [-0.3, -0.25) is 4.68 Å². The van der Waals surface area contributed by atoms with Gasteiger partial charge in [-0.25, -0.2) is 8.78 Å². The van der Waals surface area contributed by atoms with E-state index in [1.54, 1.807) is 10.9 Å². The zero-order chi connectivity index (χ0) is 13.8. The number of nitrogens with zero attached hydrogens (tertiary/aromatic N) is 2. The van der Waals surface area contributed by atoms with Crippen molar-refractivity contribution in [3.8, 4) is 0 Å². The molecule has 0 aliphatic heterocycles.